The lowest BCUT2D eigenvalue weighted by Crippen LogP contribution is -2.44. The Labute approximate surface area is 186 Å². The number of hydrogen-bond acceptors (Lipinski definition) is 4. The summed E-state index contributed by atoms with van der Waals surface area (Å²) in [6, 6.07) is 13.9. The molecule has 31 heavy (non-hydrogen) atoms. The third-order valence-electron chi connectivity index (χ3n) is 5.53. The van der Waals surface area contributed by atoms with Crippen molar-refractivity contribution >= 4 is 28.9 Å². The molecule has 0 unspecified atom stereocenters. The second-order valence-corrected chi connectivity index (χ2v) is 8.15. The second-order valence-electron chi connectivity index (χ2n) is 7.80. The van der Waals surface area contributed by atoms with Crippen LogP contribution in [0.3, 0.4) is 0 Å². The summed E-state index contributed by atoms with van der Waals surface area (Å²) < 4.78 is 14.7. The zero-order valence-corrected chi connectivity index (χ0v) is 18.4. The van der Waals surface area contributed by atoms with Gasteiger partial charge in [0.25, 0.3) is 5.91 Å². The Balaban J connectivity index is 1.54. The van der Waals surface area contributed by atoms with Gasteiger partial charge in [-0.1, -0.05) is 35.9 Å². The number of halogens is 2. The molecule has 1 N–H and O–H groups in total. The van der Waals surface area contributed by atoms with Crippen LogP contribution in [0.1, 0.15) is 21.6 Å². The molecule has 8 heteroatoms. The molecule has 4 rings (SSSR count). The fraction of sp³-hybridized carbons (Fsp3) is 0.304. The van der Waals surface area contributed by atoms with Crippen LogP contribution in [-0.2, 0) is 6.54 Å². The first-order valence-corrected chi connectivity index (χ1v) is 10.6. The number of piperazine rings is 1. The van der Waals surface area contributed by atoms with Crippen molar-refractivity contribution in [3.05, 3.63) is 76.3 Å². The molecule has 1 saturated heterocycles. The minimum Gasteiger partial charge on any atom is -0.367 e. The minimum absolute atomic E-state index is 0.261. The molecule has 0 spiro atoms. The number of carbonyl (C=O) groups is 1. The van der Waals surface area contributed by atoms with Gasteiger partial charge in [-0.15, -0.1) is 0 Å². The Bertz CT molecular complexity index is 1070. The van der Waals surface area contributed by atoms with Gasteiger partial charge in [0, 0.05) is 26.2 Å². The number of aromatic nitrogens is 2. The van der Waals surface area contributed by atoms with Crippen molar-refractivity contribution in [3.8, 4) is 0 Å². The number of likely N-dealkylation sites (N-methyl/N-ethyl adjacent to an activating group) is 1. The summed E-state index contributed by atoms with van der Waals surface area (Å²) in [7, 11) is 2.11. The average Bonchev–Trinajstić information content (AvgIpc) is 3.04. The summed E-state index contributed by atoms with van der Waals surface area (Å²) in [5.41, 5.74) is 3.48. The Hall–Kier alpha value is -2.90. The van der Waals surface area contributed by atoms with Crippen LogP contribution < -0.4 is 10.2 Å². The SMILES string of the molecule is Cc1nn(Cc2ccc(F)cc2)c(Cl)c1C(=O)Nc1ccccc1N1CCN(C)CC1. The second kappa shape index (κ2) is 9.08. The van der Waals surface area contributed by atoms with E-state index in [2.05, 4.69) is 27.3 Å². The molecule has 3 aromatic rings. The smallest absolute Gasteiger partial charge is 0.260 e. The molecule has 0 radical (unpaired) electrons. The van der Waals surface area contributed by atoms with E-state index in [1.807, 2.05) is 24.3 Å². The number of benzene rings is 2. The topological polar surface area (TPSA) is 53.4 Å². The fourth-order valence-corrected chi connectivity index (χ4v) is 4.09. The maximum Gasteiger partial charge on any atom is 0.260 e. The van der Waals surface area contributed by atoms with E-state index in [1.54, 1.807) is 23.7 Å². The monoisotopic (exact) mass is 441 g/mol. The van der Waals surface area contributed by atoms with Gasteiger partial charge in [0.1, 0.15) is 11.0 Å². The summed E-state index contributed by atoms with van der Waals surface area (Å²) >= 11 is 6.53. The molecule has 0 atom stereocenters. The van der Waals surface area contributed by atoms with Gasteiger partial charge in [-0.3, -0.25) is 4.79 Å². The molecule has 1 fully saturated rings. The molecule has 2 heterocycles. The van der Waals surface area contributed by atoms with Gasteiger partial charge < -0.3 is 15.1 Å². The van der Waals surface area contributed by atoms with Crippen LogP contribution >= 0.6 is 11.6 Å². The Morgan fingerprint density at radius 2 is 1.77 bits per heavy atom. The first-order chi connectivity index (χ1) is 14.9. The van der Waals surface area contributed by atoms with Gasteiger partial charge in [-0.05, 0) is 43.8 Å². The molecule has 1 aliphatic rings. The normalized spacial score (nSPS) is 14.6. The van der Waals surface area contributed by atoms with Gasteiger partial charge in [-0.25, -0.2) is 9.07 Å². The molecule has 162 valence electrons. The van der Waals surface area contributed by atoms with E-state index in [9.17, 15) is 9.18 Å². The molecule has 2 aromatic carbocycles. The van der Waals surface area contributed by atoms with E-state index in [4.69, 9.17) is 11.6 Å². The molecular weight excluding hydrogens is 417 g/mol. The van der Waals surface area contributed by atoms with E-state index >= 15 is 0 Å². The standard InChI is InChI=1S/C23H25ClFN5O/c1-16-21(22(24)30(27-16)15-17-7-9-18(25)10-8-17)23(31)26-19-5-3-4-6-20(19)29-13-11-28(2)12-14-29/h3-10H,11-15H2,1-2H3,(H,26,31). The average molecular weight is 442 g/mol. The Kier molecular flexibility index (Phi) is 6.25. The van der Waals surface area contributed by atoms with Crippen LogP contribution in [0.4, 0.5) is 15.8 Å². The lowest BCUT2D eigenvalue weighted by Gasteiger charge is -2.35. The molecule has 0 aliphatic carbocycles. The summed E-state index contributed by atoms with van der Waals surface area (Å²) in [6.45, 7) is 5.86. The highest BCUT2D eigenvalue weighted by Gasteiger charge is 2.23. The maximum absolute atomic E-state index is 13.2. The molecule has 1 aromatic heterocycles. The number of para-hydroxylation sites is 2. The quantitative estimate of drug-likeness (QED) is 0.649. The number of amides is 1. The van der Waals surface area contributed by atoms with Crippen molar-refractivity contribution in [2.45, 2.75) is 13.5 Å². The van der Waals surface area contributed by atoms with Crippen molar-refractivity contribution in [1.82, 2.24) is 14.7 Å². The first-order valence-electron chi connectivity index (χ1n) is 10.2. The van der Waals surface area contributed by atoms with Crippen molar-refractivity contribution in [1.29, 1.82) is 0 Å². The molecule has 1 aliphatic heterocycles. The van der Waals surface area contributed by atoms with E-state index in [0.29, 0.717) is 17.8 Å². The number of nitrogens with zero attached hydrogens (tertiary/aromatic N) is 4. The van der Waals surface area contributed by atoms with Crippen molar-refractivity contribution in [3.63, 3.8) is 0 Å². The lowest BCUT2D eigenvalue weighted by molar-refractivity contribution is 0.102. The van der Waals surface area contributed by atoms with Crippen LogP contribution in [0.2, 0.25) is 5.15 Å². The number of nitrogens with one attached hydrogen (secondary N) is 1. The Morgan fingerprint density at radius 1 is 1.10 bits per heavy atom. The third-order valence-corrected chi connectivity index (χ3v) is 5.92. The first kappa shape index (κ1) is 21.3. The van der Waals surface area contributed by atoms with Crippen LogP contribution in [-0.4, -0.2) is 53.8 Å². The molecular formula is C23H25ClFN5O. The van der Waals surface area contributed by atoms with Gasteiger partial charge in [0.05, 0.1) is 29.2 Å². The van der Waals surface area contributed by atoms with E-state index in [1.165, 1.54) is 12.1 Å². The highest BCUT2D eigenvalue weighted by atomic mass is 35.5. The van der Waals surface area contributed by atoms with E-state index < -0.39 is 0 Å². The van der Waals surface area contributed by atoms with Gasteiger partial charge >= 0.3 is 0 Å². The highest BCUT2D eigenvalue weighted by molar-refractivity contribution is 6.33. The van der Waals surface area contributed by atoms with E-state index in [-0.39, 0.29) is 16.9 Å². The zero-order valence-electron chi connectivity index (χ0n) is 17.6. The zero-order chi connectivity index (χ0) is 22.0. The summed E-state index contributed by atoms with van der Waals surface area (Å²) in [6.07, 6.45) is 0. The van der Waals surface area contributed by atoms with Gasteiger partial charge in [0.2, 0.25) is 0 Å². The Morgan fingerprint density at radius 3 is 2.48 bits per heavy atom. The van der Waals surface area contributed by atoms with Gasteiger partial charge in [0.15, 0.2) is 0 Å². The minimum atomic E-state index is -0.300. The van der Waals surface area contributed by atoms with Crippen LogP contribution in [0.25, 0.3) is 0 Å². The summed E-state index contributed by atoms with van der Waals surface area (Å²) in [5.74, 6) is -0.597. The van der Waals surface area contributed by atoms with Crippen LogP contribution in [0.5, 0.6) is 0 Å². The number of carbonyl (C=O) groups excluding carboxylic acids is 1. The molecule has 0 bridgehead atoms. The van der Waals surface area contributed by atoms with Crippen molar-refractivity contribution in [2.75, 3.05) is 43.4 Å². The number of aryl methyl sites for hydroxylation is 1. The molecule has 6 nitrogen and oxygen atoms in total. The van der Waals surface area contributed by atoms with Gasteiger partial charge in [-0.2, -0.15) is 5.10 Å². The number of hydrogen-bond donors (Lipinski definition) is 1. The number of rotatable bonds is 5. The van der Waals surface area contributed by atoms with Crippen LogP contribution in [0, 0.1) is 12.7 Å². The lowest BCUT2D eigenvalue weighted by atomic mass is 10.2. The summed E-state index contributed by atoms with van der Waals surface area (Å²) in [4.78, 5) is 17.7. The predicted octanol–water partition coefficient (Wildman–Crippen LogP) is 4.04. The summed E-state index contributed by atoms with van der Waals surface area (Å²) in [5, 5.41) is 7.71. The van der Waals surface area contributed by atoms with E-state index in [0.717, 1.165) is 43.1 Å². The van der Waals surface area contributed by atoms with Crippen molar-refractivity contribution < 1.29 is 9.18 Å². The third kappa shape index (κ3) is 4.73. The number of anilines is 2. The maximum atomic E-state index is 13.2. The fourth-order valence-electron chi connectivity index (χ4n) is 3.77. The van der Waals surface area contributed by atoms with Crippen molar-refractivity contribution in [2.24, 2.45) is 0 Å². The largest absolute Gasteiger partial charge is 0.367 e. The highest BCUT2D eigenvalue weighted by Crippen LogP contribution is 2.29. The molecule has 0 saturated carbocycles. The van der Waals surface area contributed by atoms with Crippen LogP contribution in [0.15, 0.2) is 48.5 Å². The molecule has 1 amide bonds. The predicted molar refractivity (Wildman–Crippen MR) is 122 cm³/mol.